The highest BCUT2D eigenvalue weighted by molar-refractivity contribution is 5.84. The van der Waals surface area contributed by atoms with Gasteiger partial charge in [-0.05, 0) is 95.6 Å². The van der Waals surface area contributed by atoms with Crippen molar-refractivity contribution < 1.29 is 9.53 Å². The third-order valence-corrected chi connectivity index (χ3v) is 5.94. The molecule has 5 nitrogen and oxygen atoms in total. The van der Waals surface area contributed by atoms with Crippen molar-refractivity contribution in [3.63, 3.8) is 0 Å². The van der Waals surface area contributed by atoms with E-state index in [9.17, 15) is 4.79 Å². The Kier molecular flexibility index (Phi) is 9.71. The van der Waals surface area contributed by atoms with Gasteiger partial charge in [-0.2, -0.15) is 0 Å². The number of allylic oxidation sites excluding steroid dienone is 8. The van der Waals surface area contributed by atoms with Gasteiger partial charge in [0.25, 0.3) is 0 Å². The van der Waals surface area contributed by atoms with Gasteiger partial charge in [0.2, 0.25) is 0 Å². The van der Waals surface area contributed by atoms with Gasteiger partial charge in [0, 0.05) is 23.5 Å². The fraction of sp³-hybridized carbons (Fsp3) is 0.400. The van der Waals surface area contributed by atoms with Crippen molar-refractivity contribution in [2.75, 3.05) is 0 Å². The molecule has 0 bridgehead atoms. The molecule has 5 heteroatoms. The first kappa shape index (κ1) is 27.7. The van der Waals surface area contributed by atoms with Crippen molar-refractivity contribution >= 4 is 12.3 Å². The second kappa shape index (κ2) is 12.3. The lowest BCUT2D eigenvalue weighted by molar-refractivity contribution is 0.0377. The first-order valence-electron chi connectivity index (χ1n) is 12.1. The average Bonchev–Trinajstić information content (AvgIpc) is 2.76. The highest BCUT2D eigenvalue weighted by Crippen LogP contribution is 2.41. The smallest absolute Gasteiger partial charge is 0.408 e. The number of carbonyl (C=O) groups is 1. The topological polar surface area (TPSA) is 76.7 Å². The van der Waals surface area contributed by atoms with Gasteiger partial charge in [-0.15, -0.1) is 0 Å². The molecule has 0 spiro atoms. The molecular weight excluding hydrogens is 434 g/mol. The van der Waals surface area contributed by atoms with Crippen LogP contribution in [0.25, 0.3) is 0 Å². The highest BCUT2D eigenvalue weighted by atomic mass is 16.6. The standard InChI is InChI=1S/C30H39N3O2/c1-8-12-24(9-2)25(20-26(22(4)31)21-32-10-3)19-23-13-15-27(16-14-23)30(17-11-18-30)33-28(34)35-29(5,6)7/h3,8-9,12-16,20-21H,11,17-19,31H2,1-2,4-7H3,(H,33,34)/b12-8-,24-9+,25-20+,26-22+,32-21?. The van der Waals surface area contributed by atoms with Crippen LogP contribution in [0, 0.1) is 12.5 Å². The molecule has 1 amide bonds. The van der Waals surface area contributed by atoms with Gasteiger partial charge in [0.15, 0.2) is 0 Å². The van der Waals surface area contributed by atoms with Crippen LogP contribution in [-0.4, -0.2) is 17.9 Å². The lowest BCUT2D eigenvalue weighted by Gasteiger charge is -2.43. The number of aliphatic imine (C=N–C) groups is 1. The summed E-state index contributed by atoms with van der Waals surface area (Å²) in [7, 11) is 0. The molecule has 0 aromatic heterocycles. The number of amides is 1. The second-order valence-corrected chi connectivity index (χ2v) is 9.88. The van der Waals surface area contributed by atoms with Crippen LogP contribution in [0.1, 0.15) is 71.9 Å². The molecule has 186 valence electrons. The molecule has 0 saturated heterocycles. The predicted molar refractivity (Wildman–Crippen MR) is 146 cm³/mol. The van der Waals surface area contributed by atoms with E-state index in [4.69, 9.17) is 16.9 Å². The first-order valence-corrected chi connectivity index (χ1v) is 12.1. The van der Waals surface area contributed by atoms with E-state index in [-0.39, 0.29) is 11.6 Å². The van der Waals surface area contributed by atoms with Gasteiger partial charge in [0.05, 0.1) is 5.54 Å². The van der Waals surface area contributed by atoms with Gasteiger partial charge in [-0.3, -0.25) is 0 Å². The van der Waals surface area contributed by atoms with Crippen LogP contribution >= 0.6 is 0 Å². The Morgan fingerprint density at radius 2 is 1.91 bits per heavy atom. The van der Waals surface area contributed by atoms with Crippen molar-refractivity contribution in [1.82, 2.24) is 5.32 Å². The number of carbonyl (C=O) groups excluding carboxylic acids is 1. The summed E-state index contributed by atoms with van der Waals surface area (Å²) in [6, 6.07) is 10.7. The molecular formula is C30H39N3O2. The van der Waals surface area contributed by atoms with E-state index >= 15 is 0 Å². The number of nitrogens with zero attached hydrogens (tertiary/aromatic N) is 1. The van der Waals surface area contributed by atoms with Gasteiger partial charge < -0.3 is 15.8 Å². The quantitative estimate of drug-likeness (QED) is 0.258. The van der Waals surface area contributed by atoms with Gasteiger partial charge in [-0.1, -0.05) is 48.9 Å². The molecule has 1 aliphatic rings. The molecule has 0 radical (unpaired) electrons. The van der Waals surface area contributed by atoms with Crippen molar-refractivity contribution in [1.29, 1.82) is 0 Å². The SMILES string of the molecule is C#CN=CC(/C=C(Cc1ccc(C2(NC(=O)OC(C)(C)C)CCC2)cc1)/C(/C=C\C)=C/C)=C(\C)N. The molecule has 3 N–H and O–H groups in total. The van der Waals surface area contributed by atoms with Crippen LogP contribution in [-0.2, 0) is 16.7 Å². The highest BCUT2D eigenvalue weighted by Gasteiger charge is 2.41. The lowest BCUT2D eigenvalue weighted by Crippen LogP contribution is -2.52. The van der Waals surface area contributed by atoms with Crippen LogP contribution in [0.3, 0.4) is 0 Å². The van der Waals surface area contributed by atoms with E-state index in [1.807, 2.05) is 53.7 Å². The Labute approximate surface area is 210 Å². The summed E-state index contributed by atoms with van der Waals surface area (Å²) in [5.74, 6) is 0. The van der Waals surface area contributed by atoms with E-state index in [1.54, 1.807) is 6.21 Å². The molecule has 2 rings (SSSR count). The summed E-state index contributed by atoms with van der Waals surface area (Å²) in [6.45, 7) is 11.5. The Morgan fingerprint density at radius 3 is 2.37 bits per heavy atom. The summed E-state index contributed by atoms with van der Waals surface area (Å²) in [5.41, 5.74) is 11.1. The molecule has 1 aromatic carbocycles. The molecule has 0 aliphatic heterocycles. The average molecular weight is 474 g/mol. The Balaban J connectivity index is 2.33. The number of ether oxygens (including phenoxy) is 1. The maximum absolute atomic E-state index is 12.5. The summed E-state index contributed by atoms with van der Waals surface area (Å²) in [4.78, 5) is 16.4. The van der Waals surface area contributed by atoms with E-state index in [0.29, 0.717) is 12.1 Å². The number of nitrogens with two attached hydrogens (primary N) is 1. The van der Waals surface area contributed by atoms with Crippen LogP contribution in [0.5, 0.6) is 0 Å². The van der Waals surface area contributed by atoms with Crippen molar-refractivity contribution in [2.45, 2.75) is 78.4 Å². The first-order chi connectivity index (χ1) is 16.5. The maximum Gasteiger partial charge on any atom is 0.408 e. The van der Waals surface area contributed by atoms with Crippen LogP contribution in [0.2, 0.25) is 0 Å². The molecule has 1 saturated carbocycles. The third kappa shape index (κ3) is 8.03. The zero-order chi connectivity index (χ0) is 26.1. The van der Waals surface area contributed by atoms with Crippen molar-refractivity contribution in [3.8, 4) is 12.5 Å². The Bertz CT molecular complexity index is 1080. The molecule has 1 aliphatic carbocycles. The van der Waals surface area contributed by atoms with Crippen LogP contribution in [0.4, 0.5) is 4.79 Å². The predicted octanol–water partition coefficient (Wildman–Crippen LogP) is 6.48. The molecule has 1 fully saturated rings. The molecule has 0 unspecified atom stereocenters. The van der Waals surface area contributed by atoms with Gasteiger partial charge in [-0.25, -0.2) is 9.79 Å². The minimum absolute atomic E-state index is 0.364. The van der Waals surface area contributed by atoms with Crippen LogP contribution in [0.15, 0.2) is 76.0 Å². The van der Waals surface area contributed by atoms with E-state index in [2.05, 4.69) is 52.8 Å². The van der Waals surface area contributed by atoms with Gasteiger partial charge >= 0.3 is 6.09 Å². The molecule has 0 heterocycles. The second-order valence-electron chi connectivity index (χ2n) is 9.88. The zero-order valence-electron chi connectivity index (χ0n) is 21.9. The normalized spacial score (nSPS) is 17.1. The summed E-state index contributed by atoms with van der Waals surface area (Å²) in [5, 5.41) is 3.12. The minimum atomic E-state index is -0.529. The molecule has 35 heavy (non-hydrogen) atoms. The largest absolute Gasteiger partial charge is 0.444 e. The zero-order valence-corrected chi connectivity index (χ0v) is 21.9. The number of terminal acetylenes is 1. The number of hydrogen-bond acceptors (Lipinski definition) is 4. The lowest BCUT2D eigenvalue weighted by atomic mass is 9.71. The number of nitrogens with one attached hydrogen (secondary N) is 1. The fourth-order valence-corrected chi connectivity index (χ4v) is 4.03. The summed E-state index contributed by atoms with van der Waals surface area (Å²) in [6.07, 6.45) is 18.3. The number of benzene rings is 1. The minimum Gasteiger partial charge on any atom is -0.444 e. The van der Waals surface area contributed by atoms with E-state index < -0.39 is 5.60 Å². The molecule has 1 aromatic rings. The van der Waals surface area contributed by atoms with Gasteiger partial charge in [0.1, 0.15) is 5.60 Å². The fourth-order valence-electron chi connectivity index (χ4n) is 4.03. The van der Waals surface area contributed by atoms with Crippen LogP contribution < -0.4 is 11.1 Å². The van der Waals surface area contributed by atoms with Crippen molar-refractivity contribution in [2.24, 2.45) is 10.7 Å². The summed E-state index contributed by atoms with van der Waals surface area (Å²) >= 11 is 0. The van der Waals surface area contributed by atoms with Crippen molar-refractivity contribution in [3.05, 3.63) is 82.1 Å². The Hall–Kier alpha value is -3.52. The van der Waals surface area contributed by atoms with E-state index in [0.717, 1.165) is 47.1 Å². The molecule has 0 atom stereocenters. The number of hydrogen-bond donors (Lipinski definition) is 2. The monoisotopic (exact) mass is 473 g/mol. The maximum atomic E-state index is 12.5. The third-order valence-electron chi connectivity index (χ3n) is 5.94. The number of alkyl carbamates (subject to hydrolysis) is 1. The number of rotatable bonds is 8. The summed E-state index contributed by atoms with van der Waals surface area (Å²) < 4.78 is 5.51. The van der Waals surface area contributed by atoms with E-state index in [1.165, 1.54) is 0 Å². The Morgan fingerprint density at radius 1 is 1.26 bits per heavy atom.